The fourth-order valence-electron chi connectivity index (χ4n) is 3.18. The lowest BCUT2D eigenvalue weighted by molar-refractivity contribution is 0.709. The van der Waals surface area contributed by atoms with Crippen LogP contribution in [0.2, 0.25) is 0 Å². The Labute approximate surface area is 183 Å². The molecule has 2 aromatic rings. The molecule has 0 saturated carbocycles. The predicted molar refractivity (Wildman–Crippen MR) is 127 cm³/mol. The lowest BCUT2D eigenvalue weighted by Gasteiger charge is -2.14. The van der Waals surface area contributed by atoms with E-state index in [1.807, 2.05) is 29.9 Å². The molecule has 3 rings (SSSR count). The molecule has 1 fully saturated rings. The number of hydrogen-bond acceptors (Lipinski definition) is 3. The van der Waals surface area contributed by atoms with E-state index in [4.69, 9.17) is 0 Å². The zero-order valence-electron chi connectivity index (χ0n) is 16.1. The summed E-state index contributed by atoms with van der Waals surface area (Å²) >= 11 is 2.07. The van der Waals surface area contributed by atoms with Crippen molar-refractivity contribution in [3.8, 4) is 5.69 Å². The van der Waals surface area contributed by atoms with E-state index in [9.17, 15) is 0 Å². The SMILES string of the molecule is CN=C(NCCCc1cn(-c2ccccc2)nc1C)NCC1CCCS1.I. The highest BCUT2D eigenvalue weighted by Gasteiger charge is 2.15. The Balaban J connectivity index is 0.00000261. The maximum absolute atomic E-state index is 4.64. The second-order valence-corrected chi connectivity index (χ2v) is 8.05. The van der Waals surface area contributed by atoms with Gasteiger partial charge in [0.1, 0.15) is 0 Å². The Morgan fingerprint density at radius 1 is 1.30 bits per heavy atom. The number of aliphatic imine (C=N–C) groups is 1. The summed E-state index contributed by atoms with van der Waals surface area (Å²) in [6.07, 6.45) is 6.88. The quantitative estimate of drug-likeness (QED) is 0.264. The molecule has 0 bridgehead atoms. The van der Waals surface area contributed by atoms with Crippen molar-refractivity contribution >= 4 is 41.7 Å². The van der Waals surface area contributed by atoms with Crippen LogP contribution in [0, 0.1) is 6.92 Å². The number of rotatable bonds is 7. The van der Waals surface area contributed by atoms with Crippen molar-refractivity contribution in [2.24, 2.45) is 4.99 Å². The monoisotopic (exact) mass is 499 g/mol. The average molecular weight is 499 g/mol. The van der Waals surface area contributed by atoms with Crippen LogP contribution in [0.3, 0.4) is 0 Å². The van der Waals surface area contributed by atoms with E-state index < -0.39 is 0 Å². The van der Waals surface area contributed by atoms with E-state index in [2.05, 4.69) is 57.7 Å². The van der Waals surface area contributed by atoms with Gasteiger partial charge in [0.05, 0.1) is 11.4 Å². The van der Waals surface area contributed by atoms with Gasteiger partial charge in [-0.3, -0.25) is 4.99 Å². The molecule has 1 saturated heterocycles. The van der Waals surface area contributed by atoms with Crippen LogP contribution in [-0.2, 0) is 6.42 Å². The first-order valence-corrected chi connectivity index (χ1v) is 10.5. The van der Waals surface area contributed by atoms with E-state index in [1.54, 1.807) is 0 Å². The number of halogens is 1. The minimum atomic E-state index is 0. The highest BCUT2D eigenvalue weighted by atomic mass is 127. The second-order valence-electron chi connectivity index (χ2n) is 6.64. The molecule has 27 heavy (non-hydrogen) atoms. The number of aryl methyl sites for hydroxylation is 2. The van der Waals surface area contributed by atoms with Crippen molar-refractivity contribution < 1.29 is 0 Å². The zero-order valence-corrected chi connectivity index (χ0v) is 19.3. The summed E-state index contributed by atoms with van der Waals surface area (Å²) in [5.41, 5.74) is 3.52. The van der Waals surface area contributed by atoms with Crippen molar-refractivity contribution in [1.82, 2.24) is 20.4 Å². The van der Waals surface area contributed by atoms with Crippen LogP contribution in [0.4, 0.5) is 0 Å². The number of thioether (sulfide) groups is 1. The highest BCUT2D eigenvalue weighted by molar-refractivity contribution is 14.0. The third-order valence-corrected chi connectivity index (χ3v) is 6.08. The number of guanidine groups is 1. The van der Waals surface area contributed by atoms with E-state index in [-0.39, 0.29) is 24.0 Å². The molecular formula is C20H30IN5S. The number of nitrogens with one attached hydrogen (secondary N) is 2. The van der Waals surface area contributed by atoms with Gasteiger partial charge >= 0.3 is 0 Å². The fraction of sp³-hybridized carbons (Fsp3) is 0.500. The molecule has 0 radical (unpaired) electrons. The molecule has 7 heteroatoms. The van der Waals surface area contributed by atoms with Crippen LogP contribution in [-0.4, -0.2) is 46.9 Å². The standard InChI is InChI=1S/C20H29N5S.HI/c1-16-17(15-25(24-16)18-9-4-3-5-10-18)8-6-12-22-20(21-2)23-14-19-11-7-13-26-19;/h3-5,9-10,15,19H,6-8,11-14H2,1-2H3,(H2,21,22,23);1H. The van der Waals surface area contributed by atoms with E-state index >= 15 is 0 Å². The Kier molecular flexibility index (Phi) is 9.47. The van der Waals surface area contributed by atoms with Gasteiger partial charge in [0, 0.05) is 31.6 Å². The maximum atomic E-state index is 4.64. The lowest BCUT2D eigenvalue weighted by Crippen LogP contribution is -2.40. The summed E-state index contributed by atoms with van der Waals surface area (Å²) in [7, 11) is 1.84. The van der Waals surface area contributed by atoms with Crippen LogP contribution >= 0.6 is 35.7 Å². The smallest absolute Gasteiger partial charge is 0.191 e. The summed E-state index contributed by atoms with van der Waals surface area (Å²) in [5.74, 6) is 2.21. The van der Waals surface area contributed by atoms with Gasteiger partial charge in [-0.15, -0.1) is 24.0 Å². The summed E-state index contributed by atoms with van der Waals surface area (Å²) in [4.78, 5) is 4.32. The first-order chi connectivity index (χ1) is 12.8. The molecule has 1 aliphatic heterocycles. The number of aromatic nitrogens is 2. The van der Waals surface area contributed by atoms with Crippen molar-refractivity contribution in [2.75, 3.05) is 25.9 Å². The molecule has 2 heterocycles. The third kappa shape index (κ3) is 6.71. The van der Waals surface area contributed by atoms with Gasteiger partial charge in [0.25, 0.3) is 0 Å². The number of nitrogens with zero attached hydrogens (tertiary/aromatic N) is 3. The molecule has 0 spiro atoms. The Morgan fingerprint density at radius 3 is 2.81 bits per heavy atom. The molecule has 5 nitrogen and oxygen atoms in total. The molecule has 2 N–H and O–H groups in total. The van der Waals surface area contributed by atoms with Gasteiger partial charge in [-0.1, -0.05) is 18.2 Å². The van der Waals surface area contributed by atoms with Crippen LogP contribution in [0.15, 0.2) is 41.5 Å². The summed E-state index contributed by atoms with van der Waals surface area (Å²) in [6.45, 7) is 4.00. The van der Waals surface area contributed by atoms with E-state index in [0.29, 0.717) is 0 Å². The Bertz CT molecular complexity index is 710. The van der Waals surface area contributed by atoms with Gasteiger partial charge in [-0.05, 0) is 56.1 Å². The van der Waals surface area contributed by atoms with Crippen molar-refractivity contribution in [1.29, 1.82) is 0 Å². The van der Waals surface area contributed by atoms with Crippen LogP contribution in [0.5, 0.6) is 0 Å². The summed E-state index contributed by atoms with van der Waals surface area (Å²) < 4.78 is 1.97. The molecule has 1 aromatic heterocycles. The van der Waals surface area contributed by atoms with Crippen molar-refractivity contribution in [3.05, 3.63) is 47.8 Å². The number of para-hydroxylation sites is 1. The number of benzene rings is 1. The predicted octanol–water partition coefficient (Wildman–Crippen LogP) is 3.79. The average Bonchev–Trinajstić information content (AvgIpc) is 3.32. The van der Waals surface area contributed by atoms with Crippen LogP contribution < -0.4 is 10.6 Å². The van der Waals surface area contributed by atoms with Gasteiger partial charge in [0.15, 0.2) is 5.96 Å². The van der Waals surface area contributed by atoms with Gasteiger partial charge in [-0.25, -0.2) is 4.68 Å². The zero-order chi connectivity index (χ0) is 18.2. The molecule has 148 valence electrons. The lowest BCUT2D eigenvalue weighted by atomic mass is 10.1. The molecule has 0 aliphatic carbocycles. The maximum Gasteiger partial charge on any atom is 0.191 e. The molecule has 1 unspecified atom stereocenters. The van der Waals surface area contributed by atoms with Gasteiger partial charge < -0.3 is 10.6 Å². The van der Waals surface area contributed by atoms with Crippen LogP contribution in [0.25, 0.3) is 5.69 Å². The second kappa shape index (κ2) is 11.6. The molecule has 1 aliphatic rings. The van der Waals surface area contributed by atoms with E-state index in [1.165, 1.54) is 24.2 Å². The molecule has 1 aromatic carbocycles. The summed E-state index contributed by atoms with van der Waals surface area (Å²) in [5, 5.41) is 12.3. The topological polar surface area (TPSA) is 54.2 Å². The third-order valence-electron chi connectivity index (χ3n) is 4.68. The Morgan fingerprint density at radius 2 is 2.11 bits per heavy atom. The Hall–Kier alpha value is -1.22. The fourth-order valence-corrected chi connectivity index (χ4v) is 4.38. The first-order valence-electron chi connectivity index (χ1n) is 9.43. The van der Waals surface area contributed by atoms with E-state index in [0.717, 1.165) is 48.5 Å². The molecule has 1 atom stereocenters. The molecular weight excluding hydrogens is 469 g/mol. The normalized spacial score (nSPS) is 16.8. The molecule has 0 amide bonds. The number of hydrogen-bond donors (Lipinski definition) is 2. The first kappa shape index (κ1) is 22.1. The van der Waals surface area contributed by atoms with Gasteiger partial charge in [-0.2, -0.15) is 16.9 Å². The minimum absolute atomic E-state index is 0. The highest BCUT2D eigenvalue weighted by Crippen LogP contribution is 2.25. The van der Waals surface area contributed by atoms with Crippen LogP contribution in [0.1, 0.15) is 30.5 Å². The minimum Gasteiger partial charge on any atom is -0.356 e. The van der Waals surface area contributed by atoms with Gasteiger partial charge in [0.2, 0.25) is 0 Å². The van der Waals surface area contributed by atoms with Crippen molar-refractivity contribution in [3.63, 3.8) is 0 Å². The largest absolute Gasteiger partial charge is 0.356 e. The van der Waals surface area contributed by atoms with Crippen molar-refractivity contribution in [2.45, 2.75) is 37.9 Å². The summed E-state index contributed by atoms with van der Waals surface area (Å²) in [6, 6.07) is 10.3.